The maximum atomic E-state index is 13.2. The minimum absolute atomic E-state index is 0.0606. The molecule has 3 aromatic carbocycles. The van der Waals surface area contributed by atoms with E-state index < -0.39 is 16.0 Å². The van der Waals surface area contributed by atoms with Crippen molar-refractivity contribution >= 4 is 21.7 Å². The normalized spacial score (nSPS) is 14.6. The fourth-order valence-corrected chi connectivity index (χ4v) is 5.24. The monoisotopic (exact) mass is 480 g/mol. The van der Waals surface area contributed by atoms with Crippen molar-refractivity contribution in [2.75, 3.05) is 44.3 Å². The summed E-state index contributed by atoms with van der Waals surface area (Å²) in [5.74, 6) is 0.112. The largest absolute Gasteiger partial charge is 0.490 e. The molecular weight excluding hydrogens is 452 g/mol. The number of ether oxygens (including phenoxy) is 2. The summed E-state index contributed by atoms with van der Waals surface area (Å²) >= 11 is 0. The minimum Gasteiger partial charge on any atom is -0.490 e. The Bertz CT molecular complexity index is 1210. The molecule has 0 unspecified atom stereocenters. The van der Waals surface area contributed by atoms with Gasteiger partial charge in [0.05, 0.1) is 10.5 Å². The SMILES string of the molecule is Cc1ccc(OCCOC(=O)c2cccc(S(=O)(=O)N3CCN(c4ccccc4)CC3)c2)cc1. The molecule has 0 spiro atoms. The third-order valence-electron chi connectivity index (χ3n) is 5.67. The average Bonchev–Trinajstić information content (AvgIpc) is 2.88. The van der Waals surface area contributed by atoms with Crippen molar-refractivity contribution in [2.45, 2.75) is 11.8 Å². The molecule has 4 rings (SSSR count). The number of benzene rings is 3. The molecule has 0 bridgehead atoms. The van der Waals surface area contributed by atoms with Crippen LogP contribution < -0.4 is 9.64 Å². The second-order valence-corrected chi connectivity index (χ2v) is 9.99. The van der Waals surface area contributed by atoms with Gasteiger partial charge in [-0.25, -0.2) is 13.2 Å². The van der Waals surface area contributed by atoms with E-state index in [1.54, 1.807) is 12.1 Å². The topological polar surface area (TPSA) is 76.1 Å². The van der Waals surface area contributed by atoms with Crippen LogP contribution >= 0.6 is 0 Å². The summed E-state index contributed by atoms with van der Waals surface area (Å²) in [4.78, 5) is 14.7. The molecule has 7 nitrogen and oxygen atoms in total. The van der Waals surface area contributed by atoms with Crippen LogP contribution in [0.4, 0.5) is 5.69 Å². The zero-order valence-electron chi connectivity index (χ0n) is 19.1. The van der Waals surface area contributed by atoms with Gasteiger partial charge in [0, 0.05) is 31.9 Å². The van der Waals surface area contributed by atoms with E-state index in [4.69, 9.17) is 9.47 Å². The van der Waals surface area contributed by atoms with E-state index >= 15 is 0 Å². The van der Waals surface area contributed by atoms with E-state index in [-0.39, 0.29) is 23.7 Å². The van der Waals surface area contributed by atoms with E-state index in [1.807, 2.05) is 61.5 Å². The molecule has 0 N–H and O–H groups in total. The molecular formula is C26H28N2O5S. The van der Waals surface area contributed by atoms with Gasteiger partial charge in [-0.1, -0.05) is 42.0 Å². The van der Waals surface area contributed by atoms with Crippen LogP contribution in [-0.2, 0) is 14.8 Å². The number of hydrogen-bond acceptors (Lipinski definition) is 6. The summed E-state index contributed by atoms with van der Waals surface area (Å²) in [5.41, 5.74) is 2.40. The van der Waals surface area contributed by atoms with Gasteiger partial charge in [-0.2, -0.15) is 4.31 Å². The van der Waals surface area contributed by atoms with Crippen LogP contribution in [0.3, 0.4) is 0 Å². The molecule has 0 aromatic heterocycles. The molecule has 1 heterocycles. The molecule has 0 atom stereocenters. The van der Waals surface area contributed by atoms with E-state index in [9.17, 15) is 13.2 Å². The van der Waals surface area contributed by atoms with Gasteiger partial charge in [-0.05, 0) is 49.4 Å². The molecule has 1 fully saturated rings. The van der Waals surface area contributed by atoms with Gasteiger partial charge in [0.1, 0.15) is 19.0 Å². The molecule has 0 saturated carbocycles. The van der Waals surface area contributed by atoms with Crippen LogP contribution in [0, 0.1) is 6.92 Å². The summed E-state index contributed by atoms with van der Waals surface area (Å²) < 4.78 is 38.7. The highest BCUT2D eigenvalue weighted by atomic mass is 32.2. The van der Waals surface area contributed by atoms with Gasteiger partial charge in [-0.3, -0.25) is 0 Å². The number of nitrogens with zero attached hydrogens (tertiary/aromatic N) is 2. The first kappa shape index (κ1) is 23.8. The maximum Gasteiger partial charge on any atom is 0.338 e. The van der Waals surface area contributed by atoms with E-state index in [2.05, 4.69) is 4.90 Å². The number of piperazine rings is 1. The number of carbonyl (C=O) groups excluding carboxylic acids is 1. The lowest BCUT2D eigenvalue weighted by Crippen LogP contribution is -2.48. The second kappa shape index (κ2) is 10.7. The summed E-state index contributed by atoms with van der Waals surface area (Å²) in [7, 11) is -3.71. The lowest BCUT2D eigenvalue weighted by Gasteiger charge is -2.35. The maximum absolute atomic E-state index is 13.2. The quantitative estimate of drug-likeness (QED) is 0.361. The van der Waals surface area contributed by atoms with Gasteiger partial charge in [-0.15, -0.1) is 0 Å². The Balaban J connectivity index is 1.32. The standard InChI is InChI=1S/C26H28N2O5S/c1-21-10-12-24(13-11-21)32-18-19-33-26(29)22-6-5-9-25(20-22)34(30,31)28-16-14-27(15-17-28)23-7-3-2-4-8-23/h2-13,20H,14-19H2,1H3. The molecule has 1 saturated heterocycles. The number of rotatable bonds is 8. The van der Waals surface area contributed by atoms with Gasteiger partial charge < -0.3 is 14.4 Å². The number of para-hydroxylation sites is 1. The van der Waals surface area contributed by atoms with Crippen LogP contribution in [0.25, 0.3) is 0 Å². The van der Waals surface area contributed by atoms with Crippen molar-refractivity contribution in [2.24, 2.45) is 0 Å². The summed E-state index contributed by atoms with van der Waals surface area (Å²) in [5, 5.41) is 0. The number of aryl methyl sites for hydroxylation is 1. The molecule has 8 heteroatoms. The first-order chi connectivity index (χ1) is 16.4. The van der Waals surface area contributed by atoms with Gasteiger partial charge in [0.25, 0.3) is 0 Å². The first-order valence-corrected chi connectivity index (χ1v) is 12.6. The highest BCUT2D eigenvalue weighted by molar-refractivity contribution is 7.89. The third-order valence-corrected chi connectivity index (χ3v) is 7.57. The van der Waals surface area contributed by atoms with Crippen molar-refractivity contribution in [1.82, 2.24) is 4.31 Å². The van der Waals surface area contributed by atoms with Gasteiger partial charge in [0.15, 0.2) is 0 Å². The highest BCUT2D eigenvalue weighted by Crippen LogP contribution is 2.22. The van der Waals surface area contributed by atoms with Crippen LogP contribution in [0.2, 0.25) is 0 Å². The fourth-order valence-electron chi connectivity index (χ4n) is 3.77. The molecule has 34 heavy (non-hydrogen) atoms. The number of sulfonamides is 1. The zero-order chi connectivity index (χ0) is 24.0. The average molecular weight is 481 g/mol. The van der Waals surface area contributed by atoms with Crippen molar-refractivity contribution in [1.29, 1.82) is 0 Å². The number of carbonyl (C=O) groups is 1. The van der Waals surface area contributed by atoms with Crippen LogP contribution in [0.15, 0.2) is 83.8 Å². The Morgan fingerprint density at radius 3 is 2.26 bits per heavy atom. The molecule has 1 aliphatic heterocycles. The summed E-state index contributed by atoms with van der Waals surface area (Å²) in [6, 6.07) is 23.5. The van der Waals surface area contributed by atoms with E-state index in [0.717, 1.165) is 11.3 Å². The van der Waals surface area contributed by atoms with Crippen molar-refractivity contribution in [3.05, 3.63) is 90.0 Å². The second-order valence-electron chi connectivity index (χ2n) is 8.05. The Hall–Kier alpha value is -3.36. The minimum atomic E-state index is -3.71. The van der Waals surface area contributed by atoms with Gasteiger partial charge in [0.2, 0.25) is 10.0 Å². The number of anilines is 1. The van der Waals surface area contributed by atoms with Crippen molar-refractivity contribution in [3.8, 4) is 5.75 Å². The van der Waals surface area contributed by atoms with Crippen molar-refractivity contribution < 1.29 is 22.7 Å². The molecule has 178 valence electrons. The van der Waals surface area contributed by atoms with Crippen molar-refractivity contribution in [3.63, 3.8) is 0 Å². The highest BCUT2D eigenvalue weighted by Gasteiger charge is 2.29. The Morgan fingerprint density at radius 2 is 1.56 bits per heavy atom. The van der Waals surface area contributed by atoms with Crippen LogP contribution in [-0.4, -0.2) is 58.1 Å². The van der Waals surface area contributed by atoms with Crippen LogP contribution in [0.1, 0.15) is 15.9 Å². The van der Waals surface area contributed by atoms with Crippen LogP contribution in [0.5, 0.6) is 5.75 Å². The first-order valence-electron chi connectivity index (χ1n) is 11.2. The van der Waals surface area contributed by atoms with E-state index in [1.165, 1.54) is 16.4 Å². The predicted molar refractivity (Wildman–Crippen MR) is 131 cm³/mol. The molecule has 3 aromatic rings. The Morgan fingerprint density at radius 1 is 0.853 bits per heavy atom. The fraction of sp³-hybridized carbons (Fsp3) is 0.269. The number of hydrogen-bond donors (Lipinski definition) is 0. The lowest BCUT2D eigenvalue weighted by atomic mass is 10.2. The zero-order valence-corrected chi connectivity index (χ0v) is 19.9. The predicted octanol–water partition coefficient (Wildman–Crippen LogP) is 3.74. The molecule has 0 radical (unpaired) electrons. The third kappa shape index (κ3) is 5.76. The molecule has 0 aliphatic carbocycles. The lowest BCUT2D eigenvalue weighted by molar-refractivity contribution is 0.0450. The van der Waals surface area contributed by atoms with E-state index in [0.29, 0.717) is 31.9 Å². The Kier molecular flexibility index (Phi) is 7.49. The molecule has 1 aliphatic rings. The summed E-state index contributed by atoms with van der Waals surface area (Å²) in [6.45, 7) is 4.22. The summed E-state index contributed by atoms with van der Waals surface area (Å²) in [6.07, 6.45) is 0. The molecule has 0 amide bonds. The number of esters is 1. The smallest absolute Gasteiger partial charge is 0.338 e. The van der Waals surface area contributed by atoms with Gasteiger partial charge >= 0.3 is 5.97 Å². The Labute approximate surface area is 200 Å².